The number of para-hydroxylation sites is 1. The molecule has 0 atom stereocenters. The van der Waals surface area contributed by atoms with Crippen molar-refractivity contribution in [2.45, 2.75) is 4.90 Å². The molecule has 0 aliphatic carbocycles. The van der Waals surface area contributed by atoms with Gasteiger partial charge in [-0.1, -0.05) is 30.4 Å². The van der Waals surface area contributed by atoms with Crippen molar-refractivity contribution >= 4 is 41.7 Å². The number of rotatable bonds is 1. The van der Waals surface area contributed by atoms with Crippen LogP contribution in [0.1, 0.15) is 10.5 Å². The second-order valence-electron chi connectivity index (χ2n) is 3.03. The van der Waals surface area contributed by atoms with Crippen LogP contribution < -0.4 is 0 Å². The Morgan fingerprint density at radius 2 is 2.07 bits per heavy atom. The van der Waals surface area contributed by atoms with Crippen molar-refractivity contribution in [2.75, 3.05) is 0 Å². The molecule has 15 heavy (non-hydrogen) atoms. The first-order chi connectivity index (χ1) is 7.11. The number of benzene rings is 1. The van der Waals surface area contributed by atoms with Gasteiger partial charge in [0.15, 0.2) is 0 Å². The van der Waals surface area contributed by atoms with Crippen LogP contribution in [0.3, 0.4) is 0 Å². The Morgan fingerprint density at radius 1 is 1.40 bits per heavy atom. The molecule has 0 radical (unpaired) electrons. The molecule has 1 aromatic carbocycles. The summed E-state index contributed by atoms with van der Waals surface area (Å²) in [5.41, 5.74) is 0.736. The number of H-pyrrole nitrogens is 1. The maximum absolute atomic E-state index is 10.9. The molecule has 0 bridgehead atoms. The lowest BCUT2D eigenvalue weighted by molar-refractivity contribution is 0.0687. The predicted molar refractivity (Wildman–Crippen MR) is 63.3 cm³/mol. The Morgan fingerprint density at radius 3 is 2.73 bits per heavy atom. The lowest BCUT2D eigenvalue weighted by Crippen LogP contribution is -2.02. The minimum Gasteiger partial charge on any atom is -0.477 e. The Labute approximate surface area is 96.2 Å². The lowest BCUT2D eigenvalue weighted by atomic mass is 10.2. The number of carbonyl (C=O) groups is 1. The summed E-state index contributed by atoms with van der Waals surface area (Å²) >= 11 is 9.25. The van der Waals surface area contributed by atoms with Crippen molar-refractivity contribution in [1.82, 2.24) is 4.98 Å². The summed E-state index contributed by atoms with van der Waals surface area (Å²) in [5.74, 6) is -1.06. The molecular formula is C10H7NO2S2. The normalized spacial score (nSPS) is 10.5. The Kier molecular flexibility index (Phi) is 2.50. The summed E-state index contributed by atoms with van der Waals surface area (Å²) in [6.07, 6.45) is 0. The molecular weight excluding hydrogens is 230 g/mol. The molecule has 2 aromatic rings. The zero-order valence-corrected chi connectivity index (χ0v) is 9.23. The van der Waals surface area contributed by atoms with Crippen LogP contribution >= 0.6 is 24.8 Å². The fourth-order valence-corrected chi connectivity index (χ4v) is 1.93. The molecule has 1 heterocycles. The van der Waals surface area contributed by atoms with E-state index in [1.165, 1.54) is 0 Å². The van der Waals surface area contributed by atoms with Gasteiger partial charge < -0.3 is 10.1 Å². The van der Waals surface area contributed by atoms with Crippen molar-refractivity contribution in [3.63, 3.8) is 0 Å². The first-order valence-electron chi connectivity index (χ1n) is 4.18. The summed E-state index contributed by atoms with van der Waals surface area (Å²) in [4.78, 5) is 14.0. The molecule has 1 aromatic heterocycles. The van der Waals surface area contributed by atoms with Gasteiger partial charge in [-0.2, -0.15) is 0 Å². The van der Waals surface area contributed by atoms with Gasteiger partial charge in [-0.05, 0) is 6.07 Å². The number of carboxylic acids is 1. The largest absolute Gasteiger partial charge is 0.477 e. The maximum atomic E-state index is 10.9. The van der Waals surface area contributed by atoms with Gasteiger partial charge in [0.25, 0.3) is 0 Å². The summed E-state index contributed by atoms with van der Waals surface area (Å²) < 4.78 is 0.463. The standard InChI is InChI=1S/C10H7NO2S2/c12-10(13)7-9(15)8(14)5-3-1-2-4-6(5)11-7/h1-4,15H,(H,11,14)(H,12,13). The van der Waals surface area contributed by atoms with Crippen LogP contribution in [0, 0.1) is 4.51 Å². The fourth-order valence-electron chi connectivity index (χ4n) is 1.38. The summed E-state index contributed by atoms with van der Waals surface area (Å²) in [7, 11) is 0. The first-order valence-corrected chi connectivity index (χ1v) is 5.04. The van der Waals surface area contributed by atoms with E-state index < -0.39 is 5.97 Å². The first kappa shape index (κ1) is 10.2. The zero-order valence-electron chi connectivity index (χ0n) is 7.52. The number of fused-ring (bicyclic) bond motifs is 1. The summed E-state index contributed by atoms with van der Waals surface area (Å²) in [6.45, 7) is 0. The smallest absolute Gasteiger partial charge is 0.353 e. The minimum absolute atomic E-state index is 0.0297. The zero-order chi connectivity index (χ0) is 11.0. The Balaban J connectivity index is 2.95. The minimum atomic E-state index is -1.06. The number of pyridine rings is 1. The molecule has 5 heteroatoms. The van der Waals surface area contributed by atoms with Gasteiger partial charge in [0.05, 0.1) is 9.41 Å². The van der Waals surface area contributed by atoms with Crippen LogP contribution in [0.25, 0.3) is 10.9 Å². The van der Waals surface area contributed by atoms with E-state index in [4.69, 9.17) is 17.3 Å². The highest BCUT2D eigenvalue weighted by Crippen LogP contribution is 2.22. The van der Waals surface area contributed by atoms with Crippen molar-refractivity contribution in [3.05, 3.63) is 34.5 Å². The highest BCUT2D eigenvalue weighted by Gasteiger charge is 2.11. The van der Waals surface area contributed by atoms with E-state index >= 15 is 0 Å². The number of aromatic nitrogens is 1. The topological polar surface area (TPSA) is 53.1 Å². The monoisotopic (exact) mass is 237 g/mol. The van der Waals surface area contributed by atoms with Crippen LogP contribution in [-0.2, 0) is 0 Å². The molecule has 0 aliphatic heterocycles. The van der Waals surface area contributed by atoms with E-state index in [0.717, 1.165) is 5.39 Å². The van der Waals surface area contributed by atoms with Crippen LogP contribution in [0.2, 0.25) is 0 Å². The number of hydrogen-bond acceptors (Lipinski definition) is 3. The molecule has 76 valence electrons. The van der Waals surface area contributed by atoms with Crippen molar-refractivity contribution in [1.29, 1.82) is 0 Å². The third-order valence-electron chi connectivity index (χ3n) is 2.10. The average Bonchev–Trinajstić information content (AvgIpc) is 2.23. The average molecular weight is 237 g/mol. The molecule has 0 unspecified atom stereocenters. The van der Waals surface area contributed by atoms with E-state index in [2.05, 4.69) is 17.6 Å². The molecule has 0 aliphatic rings. The van der Waals surface area contributed by atoms with Crippen molar-refractivity contribution < 1.29 is 9.90 Å². The van der Waals surface area contributed by atoms with E-state index in [9.17, 15) is 4.79 Å². The van der Waals surface area contributed by atoms with Crippen molar-refractivity contribution in [3.8, 4) is 0 Å². The number of aromatic carboxylic acids is 1. The predicted octanol–water partition coefficient (Wildman–Crippen LogP) is 2.88. The fraction of sp³-hybridized carbons (Fsp3) is 0. The van der Waals surface area contributed by atoms with Crippen LogP contribution in [0.4, 0.5) is 0 Å². The Bertz CT molecular complexity index is 604. The number of nitrogens with one attached hydrogen (secondary N) is 1. The van der Waals surface area contributed by atoms with Gasteiger partial charge in [0, 0.05) is 10.9 Å². The van der Waals surface area contributed by atoms with Crippen LogP contribution in [-0.4, -0.2) is 16.1 Å². The van der Waals surface area contributed by atoms with Crippen molar-refractivity contribution in [2.24, 2.45) is 0 Å². The van der Waals surface area contributed by atoms with Gasteiger partial charge >= 0.3 is 5.97 Å². The molecule has 0 saturated carbocycles. The summed E-state index contributed by atoms with van der Waals surface area (Å²) in [5, 5.41) is 9.73. The van der Waals surface area contributed by atoms with E-state index in [1.54, 1.807) is 6.07 Å². The third kappa shape index (κ3) is 1.64. The molecule has 0 spiro atoms. The van der Waals surface area contributed by atoms with Crippen LogP contribution in [0.5, 0.6) is 0 Å². The number of hydrogen-bond donors (Lipinski definition) is 3. The lowest BCUT2D eigenvalue weighted by Gasteiger charge is -2.04. The second-order valence-corrected chi connectivity index (χ2v) is 3.88. The van der Waals surface area contributed by atoms with E-state index in [1.807, 2.05) is 18.2 Å². The van der Waals surface area contributed by atoms with Gasteiger partial charge in [-0.15, -0.1) is 12.6 Å². The SMILES string of the molecule is O=C(O)c1[nH]c2ccccc2c(=S)c1S. The molecule has 0 fully saturated rings. The number of aromatic amines is 1. The molecule has 0 saturated heterocycles. The second kappa shape index (κ2) is 3.67. The Hall–Kier alpha value is -1.33. The number of thiol groups is 1. The highest BCUT2D eigenvalue weighted by atomic mass is 32.1. The summed E-state index contributed by atoms with van der Waals surface area (Å²) in [6, 6.07) is 7.28. The third-order valence-corrected chi connectivity index (χ3v) is 3.12. The van der Waals surface area contributed by atoms with Gasteiger partial charge in [-0.25, -0.2) is 4.79 Å². The molecule has 3 nitrogen and oxygen atoms in total. The van der Waals surface area contributed by atoms with Gasteiger partial charge in [-0.3, -0.25) is 0 Å². The molecule has 2 N–H and O–H groups in total. The number of carboxylic acid groups (broad SMARTS) is 1. The molecule has 2 rings (SSSR count). The van der Waals surface area contributed by atoms with E-state index in [-0.39, 0.29) is 5.69 Å². The van der Waals surface area contributed by atoms with Crippen LogP contribution in [0.15, 0.2) is 29.2 Å². The van der Waals surface area contributed by atoms with Gasteiger partial charge in [0.1, 0.15) is 5.69 Å². The maximum Gasteiger partial charge on any atom is 0.353 e. The quantitative estimate of drug-likeness (QED) is 0.528. The van der Waals surface area contributed by atoms with Gasteiger partial charge in [0.2, 0.25) is 0 Å². The van der Waals surface area contributed by atoms with E-state index in [0.29, 0.717) is 14.9 Å². The highest BCUT2D eigenvalue weighted by molar-refractivity contribution is 7.81. The molecule has 0 amide bonds.